The number of hydrogen-bond donors (Lipinski definition) is 1. The third kappa shape index (κ3) is 3.41. The van der Waals surface area contributed by atoms with E-state index >= 15 is 0 Å². The van der Waals surface area contributed by atoms with Crippen LogP contribution in [0.3, 0.4) is 0 Å². The number of hydrogen-bond acceptors (Lipinski definition) is 3. The average molecular weight is 274 g/mol. The van der Waals surface area contributed by atoms with Crippen molar-refractivity contribution in [3.05, 3.63) is 58.9 Å². The van der Waals surface area contributed by atoms with Crippen LogP contribution in [0.25, 0.3) is 0 Å². The van der Waals surface area contributed by atoms with Gasteiger partial charge in [-0.25, -0.2) is 0 Å². The molecular weight excluding hydrogens is 256 g/mol. The minimum atomic E-state index is -0.965. The van der Waals surface area contributed by atoms with Crippen LogP contribution in [0.15, 0.2) is 36.5 Å². The summed E-state index contributed by atoms with van der Waals surface area (Å²) >= 11 is 0. The number of nitrogens with zero attached hydrogens (tertiary/aromatic N) is 1. The zero-order chi connectivity index (χ0) is 13.8. The number of pyridine rings is 1. The molecule has 0 aliphatic heterocycles. The molecule has 3 nitrogen and oxygen atoms in total. The minimum absolute atomic E-state index is 0.450. The number of nitrogens with two attached hydrogens (primary N) is 1. The quantitative estimate of drug-likeness (QED) is 0.932. The molecule has 0 aliphatic rings. The second-order valence-corrected chi connectivity index (χ2v) is 6.10. The summed E-state index contributed by atoms with van der Waals surface area (Å²) in [6, 6.07) is 9.85. The van der Waals surface area contributed by atoms with Crippen LogP contribution in [0.4, 0.5) is 5.69 Å². The molecule has 1 heterocycles. The lowest BCUT2D eigenvalue weighted by molar-refractivity contribution is 0.681. The van der Waals surface area contributed by atoms with E-state index in [0.29, 0.717) is 11.5 Å². The van der Waals surface area contributed by atoms with Gasteiger partial charge in [-0.05, 0) is 30.5 Å². The highest BCUT2D eigenvalue weighted by molar-refractivity contribution is 7.83. The van der Waals surface area contributed by atoms with Crippen LogP contribution in [0.5, 0.6) is 0 Å². The molecule has 0 bridgehead atoms. The third-order valence-corrected chi connectivity index (χ3v) is 4.39. The topological polar surface area (TPSA) is 56.0 Å². The van der Waals surface area contributed by atoms with E-state index in [4.69, 9.17) is 5.73 Å². The summed E-state index contributed by atoms with van der Waals surface area (Å²) in [6.07, 6.45) is 1.75. The standard InChI is InChI=1S/C15H18N2OS/c1-11-8-17-14(12(2)15(11)16)10-19(18)9-13-6-4-3-5-7-13/h3-8H,9-10H2,1-2H3,(H2,16,17). The first-order valence-corrected chi connectivity index (χ1v) is 7.66. The van der Waals surface area contributed by atoms with Crippen LogP contribution in [-0.4, -0.2) is 9.19 Å². The first-order chi connectivity index (χ1) is 9.08. The van der Waals surface area contributed by atoms with Crippen LogP contribution in [0.2, 0.25) is 0 Å². The Morgan fingerprint density at radius 2 is 1.84 bits per heavy atom. The van der Waals surface area contributed by atoms with Gasteiger partial charge in [0, 0.05) is 28.4 Å². The lowest BCUT2D eigenvalue weighted by Gasteiger charge is -2.09. The summed E-state index contributed by atoms with van der Waals surface area (Å²) in [5.41, 5.74) is 10.5. The molecule has 2 N–H and O–H groups in total. The van der Waals surface area contributed by atoms with Gasteiger partial charge in [0.2, 0.25) is 0 Å². The predicted octanol–water partition coefficient (Wildman–Crippen LogP) is 2.73. The smallest absolute Gasteiger partial charge is 0.0665 e. The van der Waals surface area contributed by atoms with Crippen molar-refractivity contribution in [3.63, 3.8) is 0 Å². The number of aryl methyl sites for hydroxylation is 1. The molecule has 1 atom stereocenters. The third-order valence-electron chi connectivity index (χ3n) is 3.14. The number of benzene rings is 1. The molecule has 100 valence electrons. The van der Waals surface area contributed by atoms with Gasteiger partial charge < -0.3 is 5.73 Å². The van der Waals surface area contributed by atoms with Crippen LogP contribution in [-0.2, 0) is 22.3 Å². The highest BCUT2D eigenvalue weighted by Crippen LogP contribution is 2.19. The van der Waals surface area contributed by atoms with E-state index in [1.807, 2.05) is 44.2 Å². The van der Waals surface area contributed by atoms with Gasteiger partial charge in [-0.2, -0.15) is 0 Å². The Hall–Kier alpha value is -1.68. The molecule has 1 aromatic carbocycles. The van der Waals surface area contributed by atoms with Crippen molar-refractivity contribution in [1.82, 2.24) is 4.98 Å². The maximum atomic E-state index is 12.2. The van der Waals surface area contributed by atoms with Crippen molar-refractivity contribution < 1.29 is 4.21 Å². The Morgan fingerprint density at radius 1 is 1.16 bits per heavy atom. The molecular formula is C15H18N2OS. The van der Waals surface area contributed by atoms with Crippen LogP contribution < -0.4 is 5.73 Å². The Kier molecular flexibility index (Phi) is 4.32. The number of anilines is 1. The van der Waals surface area contributed by atoms with Crippen molar-refractivity contribution in [2.75, 3.05) is 5.73 Å². The molecule has 0 fully saturated rings. The lowest BCUT2D eigenvalue weighted by atomic mass is 10.1. The van der Waals surface area contributed by atoms with E-state index in [9.17, 15) is 4.21 Å². The Balaban J connectivity index is 2.10. The molecule has 4 heteroatoms. The number of rotatable bonds is 4. The van der Waals surface area contributed by atoms with E-state index in [0.717, 1.165) is 28.1 Å². The van der Waals surface area contributed by atoms with E-state index in [1.165, 1.54) is 0 Å². The van der Waals surface area contributed by atoms with E-state index in [1.54, 1.807) is 6.20 Å². The van der Waals surface area contributed by atoms with Crippen LogP contribution >= 0.6 is 0 Å². The Bertz CT molecular complexity index is 597. The molecule has 1 unspecified atom stereocenters. The van der Waals surface area contributed by atoms with E-state index < -0.39 is 10.8 Å². The van der Waals surface area contributed by atoms with Crippen molar-refractivity contribution >= 4 is 16.5 Å². The summed E-state index contributed by atoms with van der Waals surface area (Å²) in [5.74, 6) is 1.00. The largest absolute Gasteiger partial charge is 0.398 e. The van der Waals surface area contributed by atoms with Gasteiger partial charge in [0.05, 0.1) is 11.4 Å². The summed E-state index contributed by atoms with van der Waals surface area (Å²) in [4.78, 5) is 4.35. The SMILES string of the molecule is Cc1cnc(CS(=O)Cc2ccccc2)c(C)c1N. The second kappa shape index (κ2) is 5.97. The molecule has 1 aromatic heterocycles. The van der Waals surface area contributed by atoms with Gasteiger partial charge in [-0.15, -0.1) is 0 Å². The van der Waals surface area contributed by atoms with Crippen molar-refractivity contribution in [1.29, 1.82) is 0 Å². The maximum absolute atomic E-state index is 12.2. The average Bonchev–Trinajstić information content (AvgIpc) is 2.41. The van der Waals surface area contributed by atoms with E-state index in [-0.39, 0.29) is 0 Å². The zero-order valence-electron chi connectivity index (χ0n) is 11.2. The van der Waals surface area contributed by atoms with Gasteiger partial charge in [-0.3, -0.25) is 9.19 Å². The van der Waals surface area contributed by atoms with Crippen molar-refractivity contribution in [2.45, 2.75) is 25.4 Å². The molecule has 2 aromatic rings. The number of aromatic nitrogens is 1. The fourth-order valence-corrected chi connectivity index (χ4v) is 3.16. The molecule has 2 rings (SSSR count). The molecule has 0 aliphatic carbocycles. The molecule has 19 heavy (non-hydrogen) atoms. The van der Waals surface area contributed by atoms with Gasteiger partial charge in [0.25, 0.3) is 0 Å². The van der Waals surface area contributed by atoms with Crippen molar-refractivity contribution in [2.24, 2.45) is 0 Å². The molecule has 0 saturated heterocycles. The minimum Gasteiger partial charge on any atom is -0.398 e. The second-order valence-electron chi connectivity index (χ2n) is 4.64. The van der Waals surface area contributed by atoms with Crippen LogP contribution in [0, 0.1) is 13.8 Å². The monoisotopic (exact) mass is 274 g/mol. The summed E-state index contributed by atoms with van der Waals surface area (Å²) in [7, 11) is -0.965. The normalized spacial score (nSPS) is 12.3. The maximum Gasteiger partial charge on any atom is 0.0665 e. The van der Waals surface area contributed by atoms with Crippen molar-refractivity contribution in [3.8, 4) is 0 Å². The fraction of sp³-hybridized carbons (Fsp3) is 0.267. The zero-order valence-corrected chi connectivity index (χ0v) is 12.0. The molecule has 0 amide bonds. The lowest BCUT2D eigenvalue weighted by Crippen LogP contribution is -2.06. The van der Waals surface area contributed by atoms with Gasteiger partial charge in [-0.1, -0.05) is 30.3 Å². The van der Waals surface area contributed by atoms with E-state index in [2.05, 4.69) is 4.98 Å². The summed E-state index contributed by atoms with van der Waals surface area (Å²) in [5, 5.41) is 0. The fourth-order valence-electron chi connectivity index (χ4n) is 1.90. The predicted molar refractivity (Wildman–Crippen MR) is 80.1 cm³/mol. The van der Waals surface area contributed by atoms with Gasteiger partial charge in [0.1, 0.15) is 0 Å². The van der Waals surface area contributed by atoms with Gasteiger partial charge >= 0.3 is 0 Å². The highest BCUT2D eigenvalue weighted by atomic mass is 32.2. The molecule has 0 radical (unpaired) electrons. The first kappa shape index (κ1) is 13.7. The Morgan fingerprint density at radius 3 is 2.53 bits per heavy atom. The highest BCUT2D eigenvalue weighted by Gasteiger charge is 2.10. The number of nitrogen functional groups attached to an aromatic ring is 1. The first-order valence-electron chi connectivity index (χ1n) is 6.17. The van der Waals surface area contributed by atoms with Crippen LogP contribution in [0.1, 0.15) is 22.4 Å². The summed E-state index contributed by atoms with van der Waals surface area (Å²) < 4.78 is 12.2. The van der Waals surface area contributed by atoms with Gasteiger partial charge in [0.15, 0.2) is 0 Å². The summed E-state index contributed by atoms with van der Waals surface area (Å²) in [6.45, 7) is 3.87. The molecule has 0 saturated carbocycles. The Labute approximate surface area is 116 Å². The molecule has 0 spiro atoms.